The number of aliphatic hydroxyl groups excluding tert-OH is 1. The summed E-state index contributed by atoms with van der Waals surface area (Å²) in [5.74, 6) is -2.31. The van der Waals surface area contributed by atoms with E-state index < -0.39 is 46.5 Å². The summed E-state index contributed by atoms with van der Waals surface area (Å²) < 4.78 is 38.6. The molecule has 1 spiro atoms. The van der Waals surface area contributed by atoms with Crippen molar-refractivity contribution in [2.75, 3.05) is 18.5 Å². The van der Waals surface area contributed by atoms with Crippen molar-refractivity contribution >= 4 is 45.7 Å². The summed E-state index contributed by atoms with van der Waals surface area (Å²) in [6.45, 7) is 0.748. The maximum Gasteiger partial charge on any atom is 0.250 e. The number of aliphatic hydroxyl groups is 2. The van der Waals surface area contributed by atoms with Gasteiger partial charge in [-0.05, 0) is 54.7 Å². The molecule has 1 aliphatic carbocycles. The molecule has 1 aromatic heterocycles. The number of carbonyl (C=O) groups excluding carboxylic acids is 1. The third kappa shape index (κ3) is 3.50. The minimum absolute atomic E-state index is 0.0894. The highest BCUT2D eigenvalue weighted by molar-refractivity contribution is 6.31. The van der Waals surface area contributed by atoms with Crippen molar-refractivity contribution in [1.29, 1.82) is 0 Å². The second-order valence-electron chi connectivity index (χ2n) is 11.5. The Balaban J connectivity index is 1.43. The van der Waals surface area contributed by atoms with Crippen LogP contribution in [0.4, 0.5) is 14.5 Å². The average molecular weight is 613 g/mol. The lowest BCUT2D eigenvalue weighted by Crippen LogP contribution is -2.54. The van der Waals surface area contributed by atoms with Gasteiger partial charge >= 0.3 is 0 Å². The van der Waals surface area contributed by atoms with Crippen LogP contribution in [-0.2, 0) is 10.3 Å². The third-order valence-corrected chi connectivity index (χ3v) is 9.81. The summed E-state index contributed by atoms with van der Waals surface area (Å²) in [7, 11) is 0. The zero-order chi connectivity index (χ0) is 29.1. The number of carbonyl (C=O) groups is 1. The number of halogens is 4. The highest BCUT2D eigenvalue weighted by atomic mass is 35.5. The number of nitrogens with zero attached hydrogens (tertiary/aromatic N) is 3. The Morgan fingerprint density at radius 2 is 1.93 bits per heavy atom. The van der Waals surface area contributed by atoms with E-state index in [1.54, 1.807) is 41.1 Å². The zero-order valence-corrected chi connectivity index (χ0v) is 23.4. The van der Waals surface area contributed by atoms with Gasteiger partial charge in [-0.15, -0.1) is 0 Å². The van der Waals surface area contributed by atoms with Crippen molar-refractivity contribution < 1.29 is 28.5 Å². The van der Waals surface area contributed by atoms with Crippen molar-refractivity contribution in [3.8, 4) is 5.88 Å². The molecule has 12 heteroatoms. The molecule has 0 bridgehead atoms. The highest BCUT2D eigenvalue weighted by Gasteiger charge is 2.69. The van der Waals surface area contributed by atoms with Gasteiger partial charge < -0.3 is 20.3 Å². The summed E-state index contributed by atoms with van der Waals surface area (Å²) in [5, 5.41) is 27.8. The molecule has 2 fully saturated rings. The number of rotatable bonds is 4. The number of amides is 1. The SMILES string of the molecule is O=C1Nc2cc(Cl)ccc2[C@@]12[C@@H](c1ccc(F)c(Cl)c1F)[C@H]1[C@H](COc3c4ccc(C(O)O)cc4nn31)N2CC1CC1. The number of fused-ring (bicyclic) bond motifs is 7. The largest absolute Gasteiger partial charge is 0.476 e. The van der Waals surface area contributed by atoms with E-state index in [4.69, 9.17) is 33.0 Å². The van der Waals surface area contributed by atoms with Gasteiger partial charge in [0.25, 0.3) is 0 Å². The standard InChI is InChI=1S/C30H24Cl2F2N4O4/c31-15-4-7-18-21(10-15)35-29(41)30(18)23(17-6-8-19(33)24(32)25(17)34)26-22(37(30)11-13-1-2-13)12-42-27-16-5-3-14(28(39)40)9-20(16)36-38(26)27/h3-10,13,22-23,26,28,39-40H,1-2,11-12H2,(H,35,41)/t22-,23-,26+,30+/m0/s1. The number of nitrogens with one attached hydrogen (secondary N) is 1. The molecule has 4 aromatic rings. The fraction of sp³-hybridized carbons (Fsp3) is 0.333. The van der Waals surface area contributed by atoms with Crippen LogP contribution in [0.1, 0.15) is 47.8 Å². The number of benzene rings is 3. The van der Waals surface area contributed by atoms with E-state index >= 15 is 4.39 Å². The predicted octanol–water partition coefficient (Wildman–Crippen LogP) is 5.26. The molecule has 0 unspecified atom stereocenters. The molecule has 216 valence electrons. The van der Waals surface area contributed by atoms with Gasteiger partial charge in [0.2, 0.25) is 11.8 Å². The lowest BCUT2D eigenvalue weighted by Gasteiger charge is -2.39. The third-order valence-electron chi connectivity index (χ3n) is 9.22. The number of hydrogen-bond donors (Lipinski definition) is 3. The first-order chi connectivity index (χ1) is 20.2. The van der Waals surface area contributed by atoms with E-state index in [1.165, 1.54) is 6.07 Å². The first-order valence-corrected chi connectivity index (χ1v) is 14.5. The number of aromatic nitrogens is 2. The molecule has 8 nitrogen and oxygen atoms in total. The summed E-state index contributed by atoms with van der Waals surface area (Å²) in [6, 6.07) is 11.4. The molecule has 8 rings (SSSR count). The molecule has 1 saturated carbocycles. The average Bonchev–Trinajstić information content (AvgIpc) is 3.55. The summed E-state index contributed by atoms with van der Waals surface area (Å²) >= 11 is 12.5. The van der Waals surface area contributed by atoms with Gasteiger partial charge in [0.05, 0.1) is 23.0 Å². The predicted molar refractivity (Wildman–Crippen MR) is 151 cm³/mol. The van der Waals surface area contributed by atoms with Crippen molar-refractivity contribution in [1.82, 2.24) is 14.7 Å². The summed E-state index contributed by atoms with van der Waals surface area (Å²) in [4.78, 5) is 16.5. The number of anilines is 1. The van der Waals surface area contributed by atoms with E-state index in [-0.39, 0.29) is 23.6 Å². The minimum atomic E-state index is -1.70. The first kappa shape index (κ1) is 26.4. The van der Waals surface area contributed by atoms with E-state index in [1.807, 2.05) is 0 Å². The van der Waals surface area contributed by atoms with Crippen molar-refractivity contribution in [2.45, 2.75) is 42.7 Å². The maximum atomic E-state index is 16.1. The number of ether oxygens (including phenoxy) is 1. The Hall–Kier alpha value is -3.28. The second kappa shape index (κ2) is 9.11. The molecular weight excluding hydrogens is 589 g/mol. The van der Waals surface area contributed by atoms with Crippen LogP contribution in [0.3, 0.4) is 0 Å². The molecule has 1 saturated heterocycles. The Bertz CT molecular complexity index is 1810. The molecule has 42 heavy (non-hydrogen) atoms. The number of likely N-dealkylation sites (tertiary alicyclic amines) is 1. The molecule has 4 heterocycles. The van der Waals surface area contributed by atoms with Gasteiger partial charge in [-0.25, -0.2) is 13.5 Å². The van der Waals surface area contributed by atoms with Crippen LogP contribution < -0.4 is 10.1 Å². The fourth-order valence-corrected chi connectivity index (χ4v) is 7.63. The fourth-order valence-electron chi connectivity index (χ4n) is 7.29. The maximum absolute atomic E-state index is 16.1. The van der Waals surface area contributed by atoms with Crippen LogP contribution >= 0.6 is 23.2 Å². The Morgan fingerprint density at radius 1 is 1.12 bits per heavy atom. The Kier molecular flexibility index (Phi) is 5.72. The topological polar surface area (TPSA) is 99.9 Å². The van der Waals surface area contributed by atoms with Gasteiger partial charge in [0, 0.05) is 34.3 Å². The van der Waals surface area contributed by atoms with E-state index in [0.717, 1.165) is 18.9 Å². The molecule has 4 atom stereocenters. The molecule has 3 aromatic carbocycles. The molecule has 3 aliphatic heterocycles. The summed E-state index contributed by atoms with van der Waals surface area (Å²) in [6.07, 6.45) is 0.314. The first-order valence-electron chi connectivity index (χ1n) is 13.7. The van der Waals surface area contributed by atoms with Gasteiger partial charge in [0.15, 0.2) is 6.29 Å². The van der Waals surface area contributed by atoms with Crippen LogP contribution in [0.25, 0.3) is 10.9 Å². The van der Waals surface area contributed by atoms with Crippen LogP contribution in [0.5, 0.6) is 5.88 Å². The van der Waals surface area contributed by atoms with Gasteiger partial charge in [0.1, 0.15) is 28.8 Å². The van der Waals surface area contributed by atoms with E-state index in [9.17, 15) is 19.4 Å². The quantitative estimate of drug-likeness (QED) is 0.215. The second-order valence-corrected chi connectivity index (χ2v) is 12.3. The van der Waals surface area contributed by atoms with Crippen molar-refractivity contribution in [2.24, 2.45) is 5.92 Å². The van der Waals surface area contributed by atoms with Crippen LogP contribution in [0.15, 0.2) is 48.5 Å². The number of hydrogen-bond acceptors (Lipinski definition) is 6. The lowest BCUT2D eigenvalue weighted by atomic mass is 9.73. The monoisotopic (exact) mass is 612 g/mol. The van der Waals surface area contributed by atoms with Crippen molar-refractivity contribution in [3.05, 3.63) is 86.9 Å². The molecule has 3 N–H and O–H groups in total. The lowest BCUT2D eigenvalue weighted by molar-refractivity contribution is -0.128. The van der Waals surface area contributed by atoms with E-state index in [0.29, 0.717) is 45.5 Å². The van der Waals surface area contributed by atoms with Gasteiger partial charge in [-0.1, -0.05) is 41.4 Å². The van der Waals surface area contributed by atoms with Crippen molar-refractivity contribution in [3.63, 3.8) is 0 Å². The molecule has 0 radical (unpaired) electrons. The van der Waals surface area contributed by atoms with Gasteiger partial charge in [-0.2, -0.15) is 5.10 Å². The molecular formula is C30H24Cl2F2N4O4. The van der Waals surface area contributed by atoms with Crippen LogP contribution in [0.2, 0.25) is 10.0 Å². The zero-order valence-electron chi connectivity index (χ0n) is 21.9. The van der Waals surface area contributed by atoms with Crippen LogP contribution in [0, 0.1) is 17.6 Å². The van der Waals surface area contributed by atoms with Crippen LogP contribution in [-0.4, -0.2) is 50.0 Å². The highest BCUT2D eigenvalue weighted by Crippen LogP contribution is 2.63. The smallest absolute Gasteiger partial charge is 0.250 e. The minimum Gasteiger partial charge on any atom is -0.476 e. The molecule has 1 amide bonds. The molecule has 4 aliphatic rings. The Morgan fingerprint density at radius 3 is 2.69 bits per heavy atom. The summed E-state index contributed by atoms with van der Waals surface area (Å²) in [5.41, 5.74) is 0.549. The Labute approximate surface area is 248 Å². The van der Waals surface area contributed by atoms with Gasteiger partial charge in [-0.3, -0.25) is 9.69 Å². The van der Waals surface area contributed by atoms with E-state index in [2.05, 4.69) is 10.2 Å². The normalized spacial score (nSPS) is 26.5.